The van der Waals surface area contributed by atoms with Crippen LogP contribution in [0.1, 0.15) is 0 Å². The monoisotopic (exact) mass is 664 g/mol. The molecule has 12 aromatic rings. The van der Waals surface area contributed by atoms with Crippen molar-refractivity contribution in [2.45, 2.75) is 0 Å². The Kier molecular flexibility index (Phi) is 5.47. The van der Waals surface area contributed by atoms with Crippen molar-refractivity contribution in [1.82, 2.24) is 9.13 Å². The Balaban J connectivity index is 1.03. The first-order valence-corrected chi connectivity index (χ1v) is 17.7. The topological polar surface area (TPSA) is 36.1 Å². The molecule has 242 valence electrons. The van der Waals surface area contributed by atoms with E-state index in [0.717, 1.165) is 55.3 Å². The first-order chi connectivity index (χ1) is 25.8. The van der Waals surface area contributed by atoms with Gasteiger partial charge in [-0.25, -0.2) is 0 Å². The summed E-state index contributed by atoms with van der Waals surface area (Å²) in [5, 5.41) is 9.45. The number of rotatable bonds is 3. The lowest BCUT2D eigenvalue weighted by atomic mass is 10.0. The van der Waals surface area contributed by atoms with Gasteiger partial charge in [-0.1, -0.05) is 84.9 Å². The zero-order chi connectivity index (χ0) is 33.9. The van der Waals surface area contributed by atoms with Crippen LogP contribution < -0.4 is 0 Å². The van der Waals surface area contributed by atoms with Crippen molar-refractivity contribution < 1.29 is 8.83 Å². The van der Waals surface area contributed by atoms with Gasteiger partial charge >= 0.3 is 0 Å². The molecule has 0 aliphatic carbocycles. The van der Waals surface area contributed by atoms with Crippen LogP contribution in [0.2, 0.25) is 0 Å². The summed E-state index contributed by atoms with van der Waals surface area (Å²) in [5.41, 5.74) is 13.0. The molecule has 0 saturated carbocycles. The number of hydrogen-bond donors (Lipinski definition) is 0. The van der Waals surface area contributed by atoms with E-state index < -0.39 is 0 Å². The Morgan fingerprint density at radius 2 is 0.654 bits per heavy atom. The zero-order valence-corrected chi connectivity index (χ0v) is 27.9. The average Bonchev–Trinajstić information content (AvgIpc) is 3.94. The molecule has 0 radical (unpaired) electrons. The van der Waals surface area contributed by atoms with E-state index in [1.165, 1.54) is 54.7 Å². The molecule has 4 aromatic heterocycles. The maximum absolute atomic E-state index is 6.16. The zero-order valence-electron chi connectivity index (χ0n) is 27.9. The highest BCUT2D eigenvalue weighted by Crippen LogP contribution is 2.40. The normalized spacial score (nSPS) is 12.2. The van der Waals surface area contributed by atoms with E-state index in [-0.39, 0.29) is 0 Å². The summed E-state index contributed by atoms with van der Waals surface area (Å²) in [4.78, 5) is 0. The molecule has 0 amide bonds. The molecule has 12 rings (SSSR count). The van der Waals surface area contributed by atoms with Gasteiger partial charge in [-0.15, -0.1) is 0 Å². The molecule has 8 aromatic carbocycles. The van der Waals surface area contributed by atoms with Crippen molar-refractivity contribution >= 4 is 87.5 Å². The fourth-order valence-electron chi connectivity index (χ4n) is 8.57. The Morgan fingerprint density at radius 1 is 0.269 bits per heavy atom. The largest absolute Gasteiger partial charge is 0.456 e. The summed E-state index contributed by atoms with van der Waals surface area (Å²) in [6.45, 7) is 0. The van der Waals surface area contributed by atoms with E-state index in [2.05, 4.69) is 155 Å². The maximum Gasteiger partial charge on any atom is 0.135 e. The highest BCUT2D eigenvalue weighted by atomic mass is 16.3. The number of furan rings is 2. The highest BCUT2D eigenvalue weighted by Gasteiger charge is 2.18. The van der Waals surface area contributed by atoms with Crippen molar-refractivity contribution in [2.24, 2.45) is 0 Å². The lowest BCUT2D eigenvalue weighted by molar-refractivity contribution is 0.668. The van der Waals surface area contributed by atoms with Crippen molar-refractivity contribution in [2.75, 3.05) is 0 Å². The maximum atomic E-state index is 6.16. The van der Waals surface area contributed by atoms with E-state index in [0.29, 0.717) is 0 Å². The van der Waals surface area contributed by atoms with Crippen LogP contribution in [0.3, 0.4) is 0 Å². The van der Waals surface area contributed by atoms with Gasteiger partial charge in [-0.2, -0.15) is 0 Å². The van der Waals surface area contributed by atoms with Gasteiger partial charge in [0.2, 0.25) is 0 Å². The number of aromatic nitrogens is 2. The molecule has 4 heteroatoms. The van der Waals surface area contributed by atoms with Crippen LogP contribution in [0.25, 0.3) is 110 Å². The molecule has 0 N–H and O–H groups in total. The van der Waals surface area contributed by atoms with Gasteiger partial charge in [0, 0.05) is 54.5 Å². The summed E-state index contributed by atoms with van der Waals surface area (Å²) in [5.74, 6) is 0. The van der Waals surface area contributed by atoms with Crippen molar-refractivity contribution in [3.05, 3.63) is 170 Å². The van der Waals surface area contributed by atoms with Gasteiger partial charge in [0.05, 0.1) is 22.1 Å². The molecular weight excluding hydrogens is 637 g/mol. The van der Waals surface area contributed by atoms with E-state index in [4.69, 9.17) is 8.83 Å². The summed E-state index contributed by atoms with van der Waals surface area (Å²) in [6.07, 6.45) is 0. The molecule has 0 atom stereocenters. The summed E-state index contributed by atoms with van der Waals surface area (Å²) >= 11 is 0. The minimum atomic E-state index is 0.903. The minimum absolute atomic E-state index is 0.903. The fraction of sp³-hybridized carbons (Fsp3) is 0. The van der Waals surface area contributed by atoms with Crippen LogP contribution in [0.4, 0.5) is 0 Å². The fourth-order valence-corrected chi connectivity index (χ4v) is 8.57. The second-order valence-corrected chi connectivity index (χ2v) is 13.7. The number of para-hydroxylation sites is 4. The SMILES string of the molecule is c1ccc2c(c1)oc1ccc(-n3c4ccccc4c4cc(-c5ccc6c(c5)c5ccccc5n6-c5ccc6oc7ccccc7c6c5)ccc43)cc12. The lowest BCUT2D eigenvalue weighted by Crippen LogP contribution is -1.93. The van der Waals surface area contributed by atoms with Crippen molar-refractivity contribution in [3.63, 3.8) is 0 Å². The molecule has 0 aliphatic heterocycles. The predicted molar refractivity (Wildman–Crippen MR) is 215 cm³/mol. The molecule has 0 fully saturated rings. The first-order valence-electron chi connectivity index (χ1n) is 17.7. The van der Waals surface area contributed by atoms with Crippen LogP contribution in [0.5, 0.6) is 0 Å². The summed E-state index contributed by atoms with van der Waals surface area (Å²) in [6, 6.07) is 60.8. The van der Waals surface area contributed by atoms with Gasteiger partial charge in [-0.3, -0.25) is 0 Å². The molecule has 0 unspecified atom stereocenters. The molecule has 0 saturated heterocycles. The van der Waals surface area contributed by atoms with E-state index in [1.54, 1.807) is 0 Å². The Labute approximate surface area is 296 Å². The summed E-state index contributed by atoms with van der Waals surface area (Å²) in [7, 11) is 0. The number of benzene rings is 8. The predicted octanol–water partition coefficient (Wildman–Crippen LogP) is 13.3. The van der Waals surface area contributed by atoms with Crippen molar-refractivity contribution in [1.29, 1.82) is 0 Å². The lowest BCUT2D eigenvalue weighted by Gasteiger charge is -2.10. The number of fused-ring (bicyclic) bond motifs is 12. The van der Waals surface area contributed by atoms with Crippen LogP contribution in [0, 0.1) is 0 Å². The highest BCUT2D eigenvalue weighted by molar-refractivity contribution is 6.14. The molecule has 0 aliphatic rings. The van der Waals surface area contributed by atoms with E-state index in [9.17, 15) is 0 Å². The van der Waals surface area contributed by atoms with E-state index in [1.807, 2.05) is 24.3 Å². The van der Waals surface area contributed by atoms with Gasteiger partial charge in [-0.05, 0) is 96.1 Å². The first kappa shape index (κ1) is 27.7. The number of nitrogens with zero attached hydrogens (tertiary/aromatic N) is 2. The molecule has 0 spiro atoms. The Bertz CT molecular complexity index is 3190. The molecule has 4 nitrogen and oxygen atoms in total. The second kappa shape index (κ2) is 10.3. The third kappa shape index (κ3) is 3.81. The van der Waals surface area contributed by atoms with Gasteiger partial charge < -0.3 is 18.0 Å². The van der Waals surface area contributed by atoms with Crippen LogP contribution in [-0.4, -0.2) is 9.13 Å². The third-order valence-corrected chi connectivity index (χ3v) is 10.9. The standard InChI is InChI=1S/C48H28N2O2/c1-5-13-41-33(9-1)37-25-29(17-21-43(37)49(41)31-19-23-47-39(27-31)35-11-3-7-15-45(35)51-47)30-18-22-44-38(26-30)34-10-2-6-14-42(34)50(44)32-20-24-48-40(28-32)36-12-4-8-16-46(36)52-48/h1-28H. The average molecular weight is 665 g/mol. The third-order valence-electron chi connectivity index (χ3n) is 10.9. The van der Waals surface area contributed by atoms with Crippen LogP contribution in [0.15, 0.2) is 179 Å². The van der Waals surface area contributed by atoms with Crippen molar-refractivity contribution in [3.8, 4) is 22.5 Å². The second-order valence-electron chi connectivity index (χ2n) is 13.7. The van der Waals surface area contributed by atoms with Crippen LogP contribution >= 0.6 is 0 Å². The Hall–Kier alpha value is -7.04. The molecule has 0 bridgehead atoms. The minimum Gasteiger partial charge on any atom is -0.456 e. The molecule has 4 heterocycles. The van der Waals surface area contributed by atoms with Gasteiger partial charge in [0.25, 0.3) is 0 Å². The molecular formula is C48H28N2O2. The van der Waals surface area contributed by atoms with Gasteiger partial charge in [0.1, 0.15) is 22.3 Å². The molecule has 52 heavy (non-hydrogen) atoms. The Morgan fingerprint density at radius 3 is 1.13 bits per heavy atom. The van der Waals surface area contributed by atoms with Gasteiger partial charge in [0.15, 0.2) is 0 Å². The smallest absolute Gasteiger partial charge is 0.135 e. The van der Waals surface area contributed by atoms with E-state index >= 15 is 0 Å². The summed E-state index contributed by atoms with van der Waals surface area (Å²) < 4.78 is 17.1. The quantitative estimate of drug-likeness (QED) is 0.188. The van der Waals surface area contributed by atoms with Crippen LogP contribution in [-0.2, 0) is 0 Å². The number of hydrogen-bond acceptors (Lipinski definition) is 2.